The number of benzene rings is 7. The van der Waals surface area contributed by atoms with E-state index in [9.17, 15) is 4.79 Å². The van der Waals surface area contributed by atoms with Crippen LogP contribution >= 0.6 is 0 Å². The molecule has 0 fully saturated rings. The number of hydrogen-bond acceptors (Lipinski definition) is 4. The molecule has 10 rings (SSSR count). The van der Waals surface area contributed by atoms with Crippen LogP contribution in [0.25, 0.3) is 56.4 Å². The lowest BCUT2D eigenvalue weighted by atomic mass is 9.61. The monoisotopic (exact) mass is 651 g/mol. The van der Waals surface area contributed by atoms with Crippen molar-refractivity contribution in [3.05, 3.63) is 209 Å². The molecule has 1 aromatic heterocycles. The summed E-state index contributed by atoms with van der Waals surface area (Å²) < 4.78 is 0. The highest BCUT2D eigenvalue weighted by Crippen LogP contribution is 2.60. The Bertz CT molecular complexity index is 2620. The number of rotatable bonds is 4. The van der Waals surface area contributed by atoms with Gasteiger partial charge >= 0.3 is 0 Å². The third-order valence-corrected chi connectivity index (χ3v) is 10.4. The van der Waals surface area contributed by atoms with Crippen molar-refractivity contribution in [3.63, 3.8) is 0 Å². The molecule has 2 aliphatic carbocycles. The van der Waals surface area contributed by atoms with Crippen molar-refractivity contribution < 1.29 is 4.79 Å². The zero-order valence-electron chi connectivity index (χ0n) is 27.5. The Kier molecular flexibility index (Phi) is 6.52. The summed E-state index contributed by atoms with van der Waals surface area (Å²) in [4.78, 5) is 29.5. The van der Waals surface area contributed by atoms with Gasteiger partial charge in [-0.2, -0.15) is 0 Å². The van der Waals surface area contributed by atoms with Crippen molar-refractivity contribution in [2.45, 2.75) is 5.41 Å². The van der Waals surface area contributed by atoms with Crippen LogP contribution in [-0.2, 0) is 5.41 Å². The van der Waals surface area contributed by atoms with E-state index in [4.69, 9.17) is 15.0 Å². The second kappa shape index (κ2) is 11.4. The summed E-state index contributed by atoms with van der Waals surface area (Å²) in [5, 5.41) is 0. The minimum absolute atomic E-state index is 0.0567. The quantitative estimate of drug-likeness (QED) is 0.190. The topological polar surface area (TPSA) is 55.7 Å². The maximum atomic E-state index is 14.0. The third-order valence-electron chi connectivity index (χ3n) is 10.4. The molecular formula is C47H29N3O. The maximum Gasteiger partial charge on any atom is 0.193 e. The van der Waals surface area contributed by atoms with E-state index in [1.165, 1.54) is 0 Å². The van der Waals surface area contributed by atoms with Gasteiger partial charge in [0.25, 0.3) is 0 Å². The minimum Gasteiger partial charge on any atom is -0.289 e. The smallest absolute Gasteiger partial charge is 0.193 e. The molecule has 51 heavy (non-hydrogen) atoms. The Morgan fingerprint density at radius 1 is 0.333 bits per heavy atom. The van der Waals surface area contributed by atoms with E-state index < -0.39 is 5.41 Å². The summed E-state index contributed by atoms with van der Waals surface area (Å²) in [6.07, 6.45) is 0. The second-order valence-corrected chi connectivity index (χ2v) is 13.1. The van der Waals surface area contributed by atoms with Crippen LogP contribution in [0, 0.1) is 0 Å². The molecule has 0 bridgehead atoms. The van der Waals surface area contributed by atoms with Crippen molar-refractivity contribution in [1.29, 1.82) is 0 Å². The second-order valence-electron chi connectivity index (χ2n) is 13.1. The number of hydrogen-bond donors (Lipinski definition) is 0. The zero-order valence-corrected chi connectivity index (χ0v) is 27.5. The first-order chi connectivity index (χ1) is 25.2. The summed E-state index contributed by atoms with van der Waals surface area (Å²) in [5.74, 6) is 1.87. The van der Waals surface area contributed by atoms with E-state index in [2.05, 4.69) is 103 Å². The first-order valence-electron chi connectivity index (χ1n) is 17.2. The predicted molar refractivity (Wildman–Crippen MR) is 202 cm³/mol. The predicted octanol–water partition coefficient (Wildman–Crippen LogP) is 10.4. The van der Waals surface area contributed by atoms with Gasteiger partial charge in [0.2, 0.25) is 0 Å². The molecule has 2 aliphatic rings. The van der Waals surface area contributed by atoms with Gasteiger partial charge in [0.05, 0.1) is 5.41 Å². The summed E-state index contributed by atoms with van der Waals surface area (Å²) in [5.41, 5.74) is 12.2. The van der Waals surface area contributed by atoms with Crippen LogP contribution in [0.1, 0.15) is 38.2 Å². The van der Waals surface area contributed by atoms with Crippen LogP contribution in [0.4, 0.5) is 0 Å². The van der Waals surface area contributed by atoms with Gasteiger partial charge in [0.1, 0.15) is 0 Å². The Morgan fingerprint density at radius 3 is 1.43 bits per heavy atom. The molecule has 0 unspecified atom stereocenters. The fourth-order valence-electron chi connectivity index (χ4n) is 8.21. The van der Waals surface area contributed by atoms with Crippen molar-refractivity contribution in [2.24, 2.45) is 0 Å². The molecule has 4 heteroatoms. The fraction of sp³-hybridized carbons (Fsp3) is 0.0213. The summed E-state index contributed by atoms with van der Waals surface area (Å²) >= 11 is 0. The van der Waals surface area contributed by atoms with Gasteiger partial charge in [0, 0.05) is 27.8 Å². The minimum atomic E-state index is -0.689. The van der Waals surface area contributed by atoms with Gasteiger partial charge in [-0.05, 0) is 50.6 Å². The van der Waals surface area contributed by atoms with E-state index in [0.717, 1.165) is 72.3 Å². The largest absolute Gasteiger partial charge is 0.289 e. The number of aromatic nitrogens is 3. The SMILES string of the molecule is O=C1c2ccccc2C2(c3ccccc31)c1ccccc1-c1c(-c3nc(-c4ccccc4)nc(-c4cccc(-c5ccccc5)c4)n3)cccc12. The highest BCUT2D eigenvalue weighted by molar-refractivity contribution is 6.15. The molecule has 1 heterocycles. The third kappa shape index (κ3) is 4.33. The van der Waals surface area contributed by atoms with Gasteiger partial charge < -0.3 is 0 Å². The Labute approximate surface area is 295 Å². The number of nitrogens with zero attached hydrogens (tertiary/aromatic N) is 3. The summed E-state index contributed by atoms with van der Waals surface area (Å²) in [6, 6.07) is 60.0. The average Bonchev–Trinajstić information content (AvgIpc) is 3.51. The van der Waals surface area contributed by atoms with E-state index in [-0.39, 0.29) is 5.78 Å². The normalized spacial score (nSPS) is 13.3. The molecule has 0 N–H and O–H groups in total. The molecule has 238 valence electrons. The van der Waals surface area contributed by atoms with Crippen LogP contribution in [-0.4, -0.2) is 20.7 Å². The van der Waals surface area contributed by atoms with Gasteiger partial charge in [-0.25, -0.2) is 15.0 Å². The molecule has 4 nitrogen and oxygen atoms in total. The number of carbonyl (C=O) groups is 1. The number of carbonyl (C=O) groups excluding carboxylic acids is 1. The molecule has 8 aromatic rings. The molecular weight excluding hydrogens is 623 g/mol. The van der Waals surface area contributed by atoms with E-state index in [1.54, 1.807) is 0 Å². The van der Waals surface area contributed by atoms with Crippen LogP contribution in [0.15, 0.2) is 176 Å². The van der Waals surface area contributed by atoms with E-state index >= 15 is 0 Å². The van der Waals surface area contributed by atoms with Crippen molar-refractivity contribution in [2.75, 3.05) is 0 Å². The van der Waals surface area contributed by atoms with Gasteiger partial charge in [-0.1, -0.05) is 170 Å². The van der Waals surface area contributed by atoms with E-state index in [1.807, 2.05) is 72.8 Å². The van der Waals surface area contributed by atoms with Crippen LogP contribution in [0.2, 0.25) is 0 Å². The first-order valence-corrected chi connectivity index (χ1v) is 17.2. The average molecular weight is 652 g/mol. The molecule has 0 aliphatic heterocycles. The van der Waals surface area contributed by atoms with Crippen molar-refractivity contribution in [3.8, 4) is 56.4 Å². The van der Waals surface area contributed by atoms with E-state index in [0.29, 0.717) is 17.5 Å². The molecule has 0 saturated carbocycles. The maximum absolute atomic E-state index is 14.0. The van der Waals surface area contributed by atoms with Crippen LogP contribution in [0.5, 0.6) is 0 Å². The Morgan fingerprint density at radius 2 is 0.765 bits per heavy atom. The van der Waals surface area contributed by atoms with Crippen LogP contribution < -0.4 is 0 Å². The molecule has 0 atom stereocenters. The van der Waals surface area contributed by atoms with Gasteiger partial charge in [-0.3, -0.25) is 4.79 Å². The number of fused-ring (bicyclic) bond motifs is 9. The van der Waals surface area contributed by atoms with Crippen molar-refractivity contribution in [1.82, 2.24) is 15.0 Å². The first kappa shape index (κ1) is 29.2. The Balaban J connectivity index is 1.26. The molecule has 7 aromatic carbocycles. The highest BCUT2D eigenvalue weighted by Gasteiger charge is 2.52. The highest BCUT2D eigenvalue weighted by atomic mass is 16.1. The molecule has 0 saturated heterocycles. The number of ketones is 1. The fourth-order valence-corrected chi connectivity index (χ4v) is 8.21. The Hall–Kier alpha value is -6.78. The standard InChI is InChI=1S/C47H29N3O/c51-43-35-22-8-11-26-39(35)47(40-27-12-9-23-36(40)43)38-25-10-7-21-34(38)42-37(24-14-28-41(42)47)46-49-44(31-17-5-2-6-18-31)48-45(50-46)33-20-13-19-32(29-33)30-15-3-1-4-16-30/h1-29H. The molecule has 1 spiro atoms. The lowest BCUT2D eigenvalue weighted by Crippen LogP contribution is -2.36. The van der Waals surface area contributed by atoms with Crippen LogP contribution in [0.3, 0.4) is 0 Å². The summed E-state index contributed by atoms with van der Waals surface area (Å²) in [6.45, 7) is 0. The lowest BCUT2D eigenvalue weighted by molar-refractivity contribution is 0.103. The molecule has 0 radical (unpaired) electrons. The zero-order chi connectivity index (χ0) is 33.9. The lowest BCUT2D eigenvalue weighted by Gasteiger charge is -2.39. The van der Waals surface area contributed by atoms with Crippen molar-refractivity contribution >= 4 is 5.78 Å². The van der Waals surface area contributed by atoms with Gasteiger partial charge in [-0.15, -0.1) is 0 Å². The summed E-state index contributed by atoms with van der Waals surface area (Å²) in [7, 11) is 0. The van der Waals surface area contributed by atoms with Gasteiger partial charge in [0.15, 0.2) is 23.3 Å². The molecule has 0 amide bonds.